The monoisotopic (exact) mass is 476 g/mol. The lowest BCUT2D eigenvalue weighted by molar-refractivity contribution is -0.143. The molecule has 13 heteroatoms. The smallest absolute Gasteiger partial charge is 0.255 e. The van der Waals surface area contributed by atoms with Crippen LogP contribution in [0.2, 0.25) is 15.5 Å². The van der Waals surface area contributed by atoms with E-state index in [9.17, 15) is 17.6 Å². The van der Waals surface area contributed by atoms with E-state index >= 15 is 0 Å². The Morgan fingerprint density at radius 3 is 1.55 bits per heavy atom. The molecule has 0 atom stereocenters. The molecule has 2 aromatic heterocycles. The number of hydrogen-bond acceptors (Lipinski definition) is 6. The fourth-order valence-electron chi connectivity index (χ4n) is 2.19. The molecule has 2 aliphatic rings. The highest BCUT2D eigenvalue weighted by atomic mass is 35.5. The molecular formula is C16H15Cl3F4N4O2. The zero-order valence-corrected chi connectivity index (χ0v) is 16.9. The van der Waals surface area contributed by atoms with E-state index in [4.69, 9.17) is 44.6 Å². The van der Waals surface area contributed by atoms with Crippen molar-refractivity contribution in [1.82, 2.24) is 19.9 Å². The molecule has 0 radical (unpaired) electrons. The van der Waals surface area contributed by atoms with Crippen LogP contribution in [0.25, 0.3) is 0 Å². The molecule has 0 unspecified atom stereocenters. The van der Waals surface area contributed by atoms with Gasteiger partial charge >= 0.3 is 0 Å². The average molecular weight is 478 g/mol. The molecule has 160 valence electrons. The molecule has 0 aromatic carbocycles. The number of nitrogens with zero attached hydrogens (tertiary/aromatic N) is 4. The second-order valence-corrected chi connectivity index (χ2v) is 7.43. The van der Waals surface area contributed by atoms with Crippen molar-refractivity contribution in [1.29, 1.82) is 0 Å². The van der Waals surface area contributed by atoms with Gasteiger partial charge in [-0.25, -0.2) is 22.5 Å². The standard InChI is InChI=1S/C8H7ClF2N2O.C4H2Cl2N2.C4H6F2O/c9-6-3-12-4-7(13-6)14-5-1-8(10,11)2-5;5-3-1-7-2-4(6)8-3;5-4(6)1-3(7)2-4/h3-5H,1-2H2;1-2H;3,7H,1-2H2. The predicted molar refractivity (Wildman–Crippen MR) is 97.9 cm³/mol. The number of ether oxygens (including phenoxy) is 1. The summed E-state index contributed by atoms with van der Waals surface area (Å²) in [7, 11) is 0. The number of aliphatic hydroxyl groups excluding tert-OH is 1. The number of alkyl halides is 4. The molecular weight excluding hydrogens is 463 g/mol. The summed E-state index contributed by atoms with van der Waals surface area (Å²) in [6.07, 6.45) is 3.13. The lowest BCUT2D eigenvalue weighted by atomic mass is 9.91. The van der Waals surface area contributed by atoms with Crippen LogP contribution in [0.15, 0.2) is 24.8 Å². The van der Waals surface area contributed by atoms with Crippen molar-refractivity contribution in [3.63, 3.8) is 0 Å². The first-order valence-corrected chi connectivity index (χ1v) is 9.28. The number of halogens is 7. The van der Waals surface area contributed by atoms with Crippen molar-refractivity contribution in [2.24, 2.45) is 0 Å². The van der Waals surface area contributed by atoms with Crippen molar-refractivity contribution >= 4 is 34.8 Å². The van der Waals surface area contributed by atoms with Crippen LogP contribution >= 0.6 is 34.8 Å². The van der Waals surface area contributed by atoms with Crippen LogP contribution in [0, 0.1) is 0 Å². The first-order chi connectivity index (χ1) is 13.4. The molecule has 4 rings (SSSR count). The fraction of sp³-hybridized carbons (Fsp3) is 0.500. The SMILES string of the molecule is Clc1cncc(Cl)n1.FC1(F)CC(Oc2cncc(Cl)n2)C1.OC1CC(F)(F)C1. The van der Waals surface area contributed by atoms with Crippen LogP contribution in [0.5, 0.6) is 5.88 Å². The van der Waals surface area contributed by atoms with Gasteiger partial charge in [-0.3, -0.25) is 9.97 Å². The summed E-state index contributed by atoms with van der Waals surface area (Å²) in [5, 5.41) is 9.13. The molecule has 0 bridgehead atoms. The Bertz CT molecular complexity index is 786. The normalized spacial score (nSPS) is 19.4. The summed E-state index contributed by atoms with van der Waals surface area (Å²) in [6, 6.07) is 0. The third-order valence-corrected chi connectivity index (χ3v) is 4.11. The number of rotatable bonds is 2. The first kappa shape index (κ1) is 23.8. The maximum Gasteiger partial charge on any atom is 0.255 e. The van der Waals surface area contributed by atoms with Crippen molar-refractivity contribution < 1.29 is 27.4 Å². The lowest BCUT2D eigenvalue weighted by Gasteiger charge is -2.34. The minimum absolute atomic E-state index is 0.189. The summed E-state index contributed by atoms with van der Waals surface area (Å²) < 4.78 is 53.2. The fourth-order valence-corrected chi connectivity index (χ4v) is 2.67. The van der Waals surface area contributed by atoms with Crippen molar-refractivity contribution in [3.05, 3.63) is 40.2 Å². The summed E-state index contributed by atoms with van der Waals surface area (Å²) in [5.41, 5.74) is 0. The molecule has 2 saturated carbocycles. The molecule has 0 spiro atoms. The van der Waals surface area contributed by atoms with Gasteiger partial charge in [-0.2, -0.15) is 4.98 Å². The quantitative estimate of drug-likeness (QED) is 0.622. The van der Waals surface area contributed by atoms with Gasteiger partial charge < -0.3 is 9.84 Å². The Hall–Kier alpha value is -1.49. The average Bonchev–Trinajstić information content (AvgIpc) is 2.52. The van der Waals surface area contributed by atoms with Crippen LogP contribution < -0.4 is 4.74 Å². The van der Waals surface area contributed by atoms with Crippen molar-refractivity contribution in [2.45, 2.75) is 49.7 Å². The van der Waals surface area contributed by atoms with E-state index in [0.29, 0.717) is 10.3 Å². The maximum absolute atomic E-state index is 12.4. The molecule has 2 aromatic rings. The highest BCUT2D eigenvalue weighted by Crippen LogP contribution is 2.39. The van der Waals surface area contributed by atoms with Gasteiger partial charge in [0.25, 0.3) is 11.8 Å². The number of aliphatic hydroxyl groups is 1. The van der Waals surface area contributed by atoms with Crippen LogP contribution in [0.1, 0.15) is 25.7 Å². The molecule has 6 nitrogen and oxygen atoms in total. The van der Waals surface area contributed by atoms with Crippen LogP contribution in [-0.2, 0) is 0 Å². The highest BCUT2D eigenvalue weighted by molar-refractivity contribution is 6.32. The molecule has 2 fully saturated rings. The summed E-state index contributed by atoms with van der Waals surface area (Å²) >= 11 is 16.3. The zero-order chi connectivity index (χ0) is 21.7. The third kappa shape index (κ3) is 8.81. The van der Waals surface area contributed by atoms with E-state index in [0.717, 1.165) is 0 Å². The van der Waals surface area contributed by atoms with Crippen LogP contribution in [0.3, 0.4) is 0 Å². The molecule has 0 aliphatic heterocycles. The second-order valence-electron chi connectivity index (χ2n) is 6.27. The highest BCUT2D eigenvalue weighted by Gasteiger charge is 2.47. The van der Waals surface area contributed by atoms with Crippen molar-refractivity contribution in [3.8, 4) is 5.88 Å². The van der Waals surface area contributed by atoms with Crippen molar-refractivity contribution in [2.75, 3.05) is 0 Å². The van der Waals surface area contributed by atoms with Gasteiger partial charge in [0.2, 0.25) is 5.88 Å². The molecule has 2 aliphatic carbocycles. The molecule has 0 amide bonds. The van der Waals surface area contributed by atoms with Gasteiger partial charge in [-0.05, 0) is 0 Å². The Morgan fingerprint density at radius 1 is 0.793 bits per heavy atom. The van der Waals surface area contributed by atoms with Gasteiger partial charge in [0.15, 0.2) is 5.15 Å². The van der Waals surface area contributed by atoms with Gasteiger partial charge in [-0.15, -0.1) is 0 Å². The van der Waals surface area contributed by atoms with Gasteiger partial charge in [-0.1, -0.05) is 34.8 Å². The molecule has 0 saturated heterocycles. The summed E-state index contributed by atoms with van der Waals surface area (Å²) in [4.78, 5) is 14.8. The Balaban J connectivity index is 0.000000170. The van der Waals surface area contributed by atoms with E-state index in [1.54, 1.807) is 0 Å². The first-order valence-electron chi connectivity index (χ1n) is 8.15. The maximum atomic E-state index is 12.4. The zero-order valence-electron chi connectivity index (χ0n) is 14.6. The second kappa shape index (κ2) is 10.0. The van der Waals surface area contributed by atoms with E-state index < -0.39 is 24.1 Å². The molecule has 1 N–H and O–H groups in total. The Morgan fingerprint density at radius 2 is 1.24 bits per heavy atom. The van der Waals surface area contributed by atoms with Gasteiger partial charge in [0.1, 0.15) is 16.4 Å². The van der Waals surface area contributed by atoms with E-state index in [1.165, 1.54) is 24.8 Å². The van der Waals surface area contributed by atoms with E-state index in [2.05, 4.69) is 19.9 Å². The topological polar surface area (TPSA) is 81.0 Å². The Labute approximate surface area is 178 Å². The molecule has 2 heterocycles. The van der Waals surface area contributed by atoms with Gasteiger partial charge in [0, 0.05) is 25.7 Å². The van der Waals surface area contributed by atoms with E-state index in [1.807, 2.05) is 0 Å². The number of hydrogen-bond donors (Lipinski definition) is 1. The summed E-state index contributed by atoms with van der Waals surface area (Å²) in [5.74, 6) is -4.95. The number of aromatic nitrogens is 4. The largest absolute Gasteiger partial charge is 0.473 e. The molecule has 29 heavy (non-hydrogen) atoms. The Kier molecular flexibility index (Phi) is 8.21. The summed E-state index contributed by atoms with van der Waals surface area (Å²) in [6.45, 7) is 0. The van der Waals surface area contributed by atoms with E-state index in [-0.39, 0.29) is 36.7 Å². The third-order valence-electron chi connectivity index (χ3n) is 3.57. The van der Waals surface area contributed by atoms with Gasteiger partial charge in [0.05, 0.1) is 30.9 Å². The predicted octanol–water partition coefficient (Wildman–Crippen LogP) is 4.87. The van der Waals surface area contributed by atoms with Crippen LogP contribution in [-0.4, -0.2) is 49.1 Å². The van der Waals surface area contributed by atoms with Crippen LogP contribution in [0.4, 0.5) is 17.6 Å². The minimum atomic E-state index is -2.59. The lowest BCUT2D eigenvalue weighted by Crippen LogP contribution is -2.43. The minimum Gasteiger partial charge on any atom is -0.473 e.